The van der Waals surface area contributed by atoms with Crippen molar-refractivity contribution >= 4 is 70.4 Å². The number of fused-ring (bicyclic) bond motifs is 6. The van der Waals surface area contributed by atoms with E-state index in [-0.39, 0.29) is 0 Å². The fraction of sp³-hybridized carbons (Fsp3) is 0. The Labute approximate surface area is 230 Å². The molecule has 2 heterocycles. The molecular weight excluding hydrogens is 492 g/mol. The molecule has 0 spiro atoms. The van der Waals surface area contributed by atoms with E-state index in [0.29, 0.717) is 0 Å². The van der Waals surface area contributed by atoms with Gasteiger partial charge >= 0.3 is 0 Å². The van der Waals surface area contributed by atoms with E-state index in [0.717, 1.165) is 17.1 Å². The molecule has 6 aromatic carbocycles. The largest absolute Gasteiger partial charge is 0.310 e. The monoisotopic (exact) mass is 516 g/mol. The fourth-order valence-corrected chi connectivity index (χ4v) is 6.90. The first-order chi connectivity index (χ1) is 19.3. The van der Waals surface area contributed by atoms with Crippen LogP contribution in [0.15, 0.2) is 146 Å². The van der Waals surface area contributed by atoms with Crippen LogP contribution in [0.2, 0.25) is 0 Å². The number of para-hydroxylation sites is 4. The lowest BCUT2D eigenvalue weighted by Crippen LogP contribution is -2.09. The highest BCUT2D eigenvalue weighted by Gasteiger charge is 2.16. The molecule has 0 fully saturated rings. The first-order valence-corrected chi connectivity index (χ1v) is 14.0. The van der Waals surface area contributed by atoms with Crippen LogP contribution in [-0.2, 0) is 0 Å². The van der Waals surface area contributed by atoms with Crippen molar-refractivity contribution in [1.29, 1.82) is 0 Å². The van der Waals surface area contributed by atoms with Crippen LogP contribution in [0.1, 0.15) is 0 Å². The predicted molar refractivity (Wildman–Crippen MR) is 168 cm³/mol. The fourth-order valence-electron chi connectivity index (χ4n) is 5.83. The molecule has 0 radical (unpaired) electrons. The molecule has 184 valence electrons. The van der Waals surface area contributed by atoms with Gasteiger partial charge in [-0.25, -0.2) is 0 Å². The summed E-state index contributed by atoms with van der Waals surface area (Å²) in [6.45, 7) is 0. The lowest BCUT2D eigenvalue weighted by Gasteiger charge is -2.25. The highest BCUT2D eigenvalue weighted by molar-refractivity contribution is 7.25. The minimum atomic E-state index is 1.15. The Morgan fingerprint density at radius 2 is 0.923 bits per heavy atom. The zero-order valence-corrected chi connectivity index (χ0v) is 22.0. The highest BCUT2D eigenvalue weighted by atomic mass is 32.1. The molecule has 0 bridgehead atoms. The lowest BCUT2D eigenvalue weighted by molar-refractivity contribution is 1.19. The standard InChI is InChI=1S/C36H24N2S/c1-3-11-25(12-4-1)37(26-13-5-2-6-14-26)27-19-21-35-31(23-27)32-24-28(20-22-36(32)39-35)38-33-17-9-7-15-29(33)30-16-8-10-18-34(30)38/h1-24H. The second-order valence-electron chi connectivity index (χ2n) is 9.84. The van der Waals surface area contributed by atoms with Crippen LogP contribution in [0.5, 0.6) is 0 Å². The minimum absolute atomic E-state index is 1.15. The molecule has 0 aliphatic carbocycles. The third-order valence-corrected chi connectivity index (χ3v) is 8.71. The predicted octanol–water partition coefficient (Wildman–Crippen LogP) is 10.6. The zero-order valence-electron chi connectivity index (χ0n) is 21.2. The molecule has 2 aromatic heterocycles. The highest BCUT2D eigenvalue weighted by Crippen LogP contribution is 2.41. The number of hydrogen-bond donors (Lipinski definition) is 0. The molecule has 0 aliphatic heterocycles. The van der Waals surface area contributed by atoms with Crippen LogP contribution in [-0.4, -0.2) is 4.57 Å². The van der Waals surface area contributed by atoms with Gasteiger partial charge in [0.1, 0.15) is 0 Å². The maximum atomic E-state index is 2.40. The Kier molecular flexibility index (Phi) is 5.04. The average molecular weight is 517 g/mol. The molecule has 39 heavy (non-hydrogen) atoms. The molecule has 0 amide bonds. The number of anilines is 3. The summed E-state index contributed by atoms with van der Waals surface area (Å²) < 4.78 is 5.00. The van der Waals surface area contributed by atoms with E-state index in [2.05, 4.69) is 155 Å². The first kappa shape index (κ1) is 22.2. The Bertz CT molecular complexity index is 2030. The van der Waals surface area contributed by atoms with Crippen molar-refractivity contribution < 1.29 is 0 Å². The van der Waals surface area contributed by atoms with E-state index in [1.165, 1.54) is 47.7 Å². The molecule has 0 atom stereocenters. The van der Waals surface area contributed by atoms with Crippen LogP contribution in [0.3, 0.4) is 0 Å². The van der Waals surface area contributed by atoms with E-state index < -0.39 is 0 Å². The number of nitrogens with zero attached hydrogens (tertiary/aromatic N) is 2. The summed E-state index contributed by atoms with van der Waals surface area (Å²) in [4.78, 5) is 2.33. The third kappa shape index (κ3) is 3.55. The molecule has 8 aromatic rings. The lowest BCUT2D eigenvalue weighted by atomic mass is 10.1. The van der Waals surface area contributed by atoms with Crippen molar-refractivity contribution in [2.75, 3.05) is 4.90 Å². The molecule has 0 aliphatic rings. The number of benzene rings is 6. The van der Waals surface area contributed by atoms with Crippen molar-refractivity contribution in [2.24, 2.45) is 0 Å². The van der Waals surface area contributed by atoms with Gasteiger partial charge in [-0.15, -0.1) is 11.3 Å². The summed E-state index contributed by atoms with van der Waals surface area (Å²) >= 11 is 1.86. The molecule has 0 N–H and O–H groups in total. The van der Waals surface area contributed by atoms with E-state index in [4.69, 9.17) is 0 Å². The number of rotatable bonds is 4. The van der Waals surface area contributed by atoms with Crippen molar-refractivity contribution in [1.82, 2.24) is 4.57 Å². The van der Waals surface area contributed by atoms with Gasteiger partial charge in [0, 0.05) is 53.7 Å². The molecule has 0 unspecified atom stereocenters. The summed E-state index contributed by atoms with van der Waals surface area (Å²) in [5.74, 6) is 0. The second kappa shape index (κ2) is 8.87. The molecule has 0 saturated carbocycles. The van der Waals surface area contributed by atoms with Gasteiger partial charge in [-0.05, 0) is 72.8 Å². The van der Waals surface area contributed by atoms with E-state index in [1.54, 1.807) is 0 Å². The molecule has 2 nitrogen and oxygen atoms in total. The van der Waals surface area contributed by atoms with E-state index in [9.17, 15) is 0 Å². The van der Waals surface area contributed by atoms with E-state index in [1.807, 2.05) is 11.3 Å². The maximum Gasteiger partial charge on any atom is 0.0541 e. The Morgan fingerprint density at radius 1 is 0.410 bits per heavy atom. The van der Waals surface area contributed by atoms with Crippen molar-refractivity contribution in [2.45, 2.75) is 0 Å². The summed E-state index contributed by atoms with van der Waals surface area (Å²) in [5, 5.41) is 5.14. The van der Waals surface area contributed by atoms with Crippen molar-refractivity contribution in [3.05, 3.63) is 146 Å². The van der Waals surface area contributed by atoms with Crippen LogP contribution >= 0.6 is 11.3 Å². The third-order valence-electron chi connectivity index (χ3n) is 7.56. The van der Waals surface area contributed by atoms with Crippen molar-refractivity contribution in [3.63, 3.8) is 0 Å². The van der Waals surface area contributed by atoms with Gasteiger partial charge in [0.2, 0.25) is 0 Å². The van der Waals surface area contributed by atoms with Crippen molar-refractivity contribution in [3.8, 4) is 5.69 Å². The number of aromatic nitrogens is 1. The molecule has 8 rings (SSSR count). The summed E-state index contributed by atoms with van der Waals surface area (Å²) in [5.41, 5.74) is 7.10. The van der Waals surface area contributed by atoms with Gasteiger partial charge < -0.3 is 9.47 Å². The first-order valence-electron chi connectivity index (χ1n) is 13.2. The number of thiophene rings is 1. The van der Waals surface area contributed by atoms with E-state index >= 15 is 0 Å². The Hall–Kier alpha value is -4.86. The Morgan fingerprint density at radius 3 is 1.54 bits per heavy atom. The smallest absolute Gasteiger partial charge is 0.0541 e. The van der Waals surface area contributed by atoms with Gasteiger partial charge in [0.05, 0.1) is 11.0 Å². The van der Waals surface area contributed by atoms with Crippen LogP contribution < -0.4 is 4.90 Å². The summed E-state index contributed by atoms with van der Waals surface area (Å²) in [7, 11) is 0. The zero-order chi connectivity index (χ0) is 25.8. The normalized spacial score (nSPS) is 11.6. The topological polar surface area (TPSA) is 8.17 Å². The van der Waals surface area contributed by atoms with Crippen LogP contribution in [0.25, 0.3) is 47.7 Å². The van der Waals surface area contributed by atoms with Crippen LogP contribution in [0.4, 0.5) is 17.1 Å². The quantitative estimate of drug-likeness (QED) is 0.226. The van der Waals surface area contributed by atoms with Crippen LogP contribution in [0, 0.1) is 0 Å². The molecular formula is C36H24N2S. The Balaban J connectivity index is 1.36. The number of hydrogen-bond acceptors (Lipinski definition) is 2. The summed E-state index contributed by atoms with van der Waals surface area (Å²) in [6, 6.07) is 52.4. The summed E-state index contributed by atoms with van der Waals surface area (Å²) in [6.07, 6.45) is 0. The molecule has 0 saturated heterocycles. The van der Waals surface area contributed by atoms with Gasteiger partial charge in [-0.3, -0.25) is 0 Å². The second-order valence-corrected chi connectivity index (χ2v) is 10.9. The van der Waals surface area contributed by atoms with Gasteiger partial charge in [0.15, 0.2) is 0 Å². The minimum Gasteiger partial charge on any atom is -0.310 e. The maximum absolute atomic E-state index is 2.40. The molecule has 3 heteroatoms. The van der Waals surface area contributed by atoms with Gasteiger partial charge in [-0.1, -0.05) is 72.8 Å². The average Bonchev–Trinajstić information content (AvgIpc) is 3.53. The van der Waals surface area contributed by atoms with Gasteiger partial charge in [0.25, 0.3) is 0 Å². The SMILES string of the molecule is c1ccc(N(c2ccccc2)c2ccc3sc4ccc(-n5c6ccccc6c6ccccc65)cc4c3c2)cc1. The van der Waals surface area contributed by atoms with Gasteiger partial charge in [-0.2, -0.15) is 0 Å².